The molecule has 1 amide bonds. The molecule has 0 bridgehead atoms. The molecule has 2 rings (SSSR count). The lowest BCUT2D eigenvalue weighted by atomic mass is 9.95. The second-order valence-electron chi connectivity index (χ2n) is 5.45. The summed E-state index contributed by atoms with van der Waals surface area (Å²) in [5, 5.41) is 3.13. The number of amides is 1. The number of hydrogen-bond donors (Lipinski definition) is 2. The topological polar surface area (TPSA) is 55.1 Å². The van der Waals surface area contributed by atoms with Gasteiger partial charge in [-0.25, -0.2) is 0 Å². The van der Waals surface area contributed by atoms with Crippen LogP contribution in [0.5, 0.6) is 0 Å². The van der Waals surface area contributed by atoms with E-state index < -0.39 is 0 Å². The van der Waals surface area contributed by atoms with Crippen LogP contribution >= 0.6 is 11.8 Å². The third-order valence-corrected chi connectivity index (χ3v) is 4.90. The largest absolute Gasteiger partial charge is 0.352 e. The van der Waals surface area contributed by atoms with Crippen LogP contribution in [-0.4, -0.2) is 17.2 Å². The monoisotopic (exact) mass is 292 g/mol. The molecule has 0 aliphatic heterocycles. The van der Waals surface area contributed by atoms with Gasteiger partial charge < -0.3 is 11.1 Å². The summed E-state index contributed by atoms with van der Waals surface area (Å²) < 4.78 is 0. The molecule has 1 aliphatic rings. The Morgan fingerprint density at radius 2 is 1.95 bits per heavy atom. The Labute approximate surface area is 125 Å². The maximum Gasteiger partial charge on any atom is 0.233 e. The summed E-state index contributed by atoms with van der Waals surface area (Å²) in [7, 11) is 0. The van der Waals surface area contributed by atoms with Crippen molar-refractivity contribution >= 4 is 17.7 Å². The molecular weight excluding hydrogens is 268 g/mol. The van der Waals surface area contributed by atoms with Crippen molar-refractivity contribution in [3.63, 3.8) is 0 Å². The predicted octanol–water partition coefficient (Wildman–Crippen LogP) is 3.07. The Kier molecular flexibility index (Phi) is 5.92. The number of hydrogen-bond acceptors (Lipinski definition) is 3. The lowest BCUT2D eigenvalue weighted by molar-refractivity contribution is -0.121. The summed E-state index contributed by atoms with van der Waals surface area (Å²) in [5.74, 6) is 0.157. The van der Waals surface area contributed by atoms with Crippen molar-refractivity contribution < 1.29 is 4.79 Å². The highest BCUT2D eigenvalue weighted by atomic mass is 32.2. The van der Waals surface area contributed by atoms with Crippen molar-refractivity contribution in [2.24, 2.45) is 5.73 Å². The first-order valence-electron chi connectivity index (χ1n) is 7.45. The molecule has 0 heterocycles. The summed E-state index contributed by atoms with van der Waals surface area (Å²) in [5.41, 5.74) is 6.70. The van der Waals surface area contributed by atoms with Crippen LogP contribution in [0.25, 0.3) is 0 Å². The van der Waals surface area contributed by atoms with Gasteiger partial charge in [-0.15, -0.1) is 11.8 Å². The molecular formula is C16H24N2OS. The molecule has 1 aromatic carbocycles. The fourth-order valence-electron chi connectivity index (χ4n) is 2.53. The van der Waals surface area contributed by atoms with E-state index >= 15 is 0 Å². The van der Waals surface area contributed by atoms with E-state index in [1.165, 1.54) is 19.3 Å². The van der Waals surface area contributed by atoms with Gasteiger partial charge in [0.2, 0.25) is 5.91 Å². The second-order valence-corrected chi connectivity index (χ2v) is 6.87. The molecule has 1 aliphatic carbocycles. The van der Waals surface area contributed by atoms with E-state index in [1.807, 2.05) is 31.2 Å². The van der Waals surface area contributed by atoms with Crippen LogP contribution < -0.4 is 11.1 Å². The first-order chi connectivity index (χ1) is 9.69. The molecule has 1 saturated carbocycles. The molecule has 20 heavy (non-hydrogen) atoms. The number of nitrogens with two attached hydrogens (primary N) is 1. The summed E-state index contributed by atoms with van der Waals surface area (Å²) in [6.07, 6.45) is 6.06. The molecule has 0 saturated heterocycles. The summed E-state index contributed by atoms with van der Waals surface area (Å²) in [6.45, 7) is 2.53. The van der Waals surface area contributed by atoms with E-state index in [0.29, 0.717) is 12.6 Å². The van der Waals surface area contributed by atoms with Crippen molar-refractivity contribution in [2.75, 3.05) is 0 Å². The number of rotatable bonds is 5. The molecule has 3 nitrogen and oxygen atoms in total. The fraction of sp³-hybridized carbons (Fsp3) is 0.562. The van der Waals surface area contributed by atoms with Crippen molar-refractivity contribution in [3.8, 4) is 0 Å². The molecule has 4 heteroatoms. The van der Waals surface area contributed by atoms with Crippen LogP contribution in [0.3, 0.4) is 0 Å². The molecule has 1 fully saturated rings. The summed E-state index contributed by atoms with van der Waals surface area (Å²) in [6, 6.07) is 8.51. The van der Waals surface area contributed by atoms with Gasteiger partial charge in [-0.1, -0.05) is 31.4 Å². The quantitative estimate of drug-likeness (QED) is 0.820. The molecule has 3 N–H and O–H groups in total. The van der Waals surface area contributed by atoms with Gasteiger partial charge >= 0.3 is 0 Å². The third-order valence-electron chi connectivity index (χ3n) is 3.79. The van der Waals surface area contributed by atoms with Crippen LogP contribution in [0, 0.1) is 0 Å². The van der Waals surface area contributed by atoms with Crippen molar-refractivity contribution in [3.05, 3.63) is 29.8 Å². The van der Waals surface area contributed by atoms with E-state index in [1.54, 1.807) is 11.8 Å². The smallest absolute Gasteiger partial charge is 0.233 e. The number of carbonyl (C=O) groups excluding carboxylic acids is 1. The normalized spacial score (nSPS) is 17.7. The van der Waals surface area contributed by atoms with E-state index in [4.69, 9.17) is 5.73 Å². The number of benzene rings is 1. The average Bonchev–Trinajstić information content (AvgIpc) is 2.49. The first kappa shape index (κ1) is 15.4. The summed E-state index contributed by atoms with van der Waals surface area (Å²) in [4.78, 5) is 13.3. The molecule has 1 aromatic rings. The maximum absolute atomic E-state index is 12.2. The molecule has 1 unspecified atom stereocenters. The van der Waals surface area contributed by atoms with Crippen LogP contribution in [0.2, 0.25) is 0 Å². The van der Waals surface area contributed by atoms with Crippen LogP contribution in [0.1, 0.15) is 44.6 Å². The number of carbonyl (C=O) groups is 1. The minimum absolute atomic E-state index is 0.0550. The Bertz CT molecular complexity index is 427. The molecule has 110 valence electrons. The van der Waals surface area contributed by atoms with E-state index in [9.17, 15) is 4.79 Å². The summed E-state index contributed by atoms with van der Waals surface area (Å²) >= 11 is 1.61. The fourth-order valence-corrected chi connectivity index (χ4v) is 3.40. The van der Waals surface area contributed by atoms with Crippen molar-refractivity contribution in [1.29, 1.82) is 0 Å². The van der Waals surface area contributed by atoms with Crippen LogP contribution in [0.15, 0.2) is 29.2 Å². The Morgan fingerprint density at radius 1 is 1.30 bits per heavy atom. The van der Waals surface area contributed by atoms with E-state index in [-0.39, 0.29) is 11.2 Å². The van der Waals surface area contributed by atoms with Crippen LogP contribution in [0.4, 0.5) is 0 Å². The highest BCUT2D eigenvalue weighted by molar-refractivity contribution is 8.00. The Morgan fingerprint density at radius 3 is 2.55 bits per heavy atom. The SMILES string of the molecule is CC(Sc1ccc(CN)cc1)C(=O)NC1CCCCC1. The van der Waals surface area contributed by atoms with Gasteiger partial charge in [0.25, 0.3) is 0 Å². The van der Waals surface area contributed by atoms with E-state index in [0.717, 1.165) is 23.3 Å². The third kappa shape index (κ3) is 4.53. The van der Waals surface area contributed by atoms with Gasteiger partial charge in [-0.3, -0.25) is 4.79 Å². The Balaban J connectivity index is 1.83. The maximum atomic E-state index is 12.2. The van der Waals surface area contributed by atoms with Crippen molar-refractivity contribution in [1.82, 2.24) is 5.32 Å². The van der Waals surface area contributed by atoms with Gasteiger partial charge in [0.1, 0.15) is 0 Å². The lowest BCUT2D eigenvalue weighted by Gasteiger charge is -2.24. The minimum Gasteiger partial charge on any atom is -0.352 e. The highest BCUT2D eigenvalue weighted by Crippen LogP contribution is 2.24. The minimum atomic E-state index is -0.0550. The van der Waals surface area contributed by atoms with Gasteiger partial charge in [0.15, 0.2) is 0 Å². The lowest BCUT2D eigenvalue weighted by Crippen LogP contribution is -2.40. The Hall–Kier alpha value is -1.00. The molecule has 0 aromatic heterocycles. The zero-order chi connectivity index (χ0) is 14.4. The molecule has 0 spiro atoms. The highest BCUT2D eigenvalue weighted by Gasteiger charge is 2.20. The zero-order valence-electron chi connectivity index (χ0n) is 12.1. The standard InChI is InChI=1S/C16H24N2OS/c1-12(16(19)18-14-5-3-2-4-6-14)20-15-9-7-13(11-17)8-10-15/h7-10,12,14H,2-6,11,17H2,1H3,(H,18,19). The predicted molar refractivity (Wildman–Crippen MR) is 84.7 cm³/mol. The van der Waals surface area contributed by atoms with Gasteiger partial charge in [-0.05, 0) is 37.5 Å². The zero-order valence-corrected chi connectivity index (χ0v) is 12.9. The van der Waals surface area contributed by atoms with E-state index in [2.05, 4.69) is 5.32 Å². The van der Waals surface area contributed by atoms with Crippen LogP contribution in [-0.2, 0) is 11.3 Å². The van der Waals surface area contributed by atoms with Gasteiger partial charge in [0, 0.05) is 17.5 Å². The van der Waals surface area contributed by atoms with Gasteiger partial charge in [0.05, 0.1) is 5.25 Å². The molecule has 0 radical (unpaired) electrons. The van der Waals surface area contributed by atoms with Crippen molar-refractivity contribution in [2.45, 2.75) is 61.8 Å². The molecule has 1 atom stereocenters. The van der Waals surface area contributed by atoms with Gasteiger partial charge in [-0.2, -0.15) is 0 Å². The average molecular weight is 292 g/mol. The first-order valence-corrected chi connectivity index (χ1v) is 8.33. The second kappa shape index (κ2) is 7.70. The number of thioether (sulfide) groups is 1. The number of nitrogens with one attached hydrogen (secondary N) is 1.